The van der Waals surface area contributed by atoms with Crippen molar-refractivity contribution in [3.8, 4) is 11.4 Å². The van der Waals surface area contributed by atoms with E-state index in [0.717, 1.165) is 11.1 Å². The van der Waals surface area contributed by atoms with Crippen LogP contribution in [0.15, 0.2) is 91.4 Å². The van der Waals surface area contributed by atoms with Gasteiger partial charge in [-0.05, 0) is 48.5 Å². The first-order valence-corrected chi connectivity index (χ1v) is 10.2. The molecule has 160 valence electrons. The summed E-state index contributed by atoms with van der Waals surface area (Å²) in [4.78, 5) is 40.7. The average Bonchev–Trinajstić information content (AvgIpc) is 3.29. The van der Waals surface area contributed by atoms with Gasteiger partial charge in [0.15, 0.2) is 0 Å². The van der Waals surface area contributed by atoms with Gasteiger partial charge >= 0.3 is 0 Å². The zero-order valence-corrected chi connectivity index (χ0v) is 17.3. The van der Waals surface area contributed by atoms with Crippen LogP contribution in [0.5, 0.6) is 0 Å². The van der Waals surface area contributed by atoms with Crippen molar-refractivity contribution in [1.29, 1.82) is 0 Å². The van der Waals surface area contributed by atoms with Gasteiger partial charge in [0.1, 0.15) is 11.6 Å². The first kappa shape index (κ1) is 20.1. The zero-order chi connectivity index (χ0) is 22.6. The lowest BCUT2D eigenvalue weighted by atomic mass is 10.1. The Bertz CT molecular complexity index is 1430. The molecule has 3 aromatic heterocycles. The second kappa shape index (κ2) is 8.72. The van der Waals surface area contributed by atoms with Crippen molar-refractivity contribution >= 4 is 34.4 Å². The maximum atomic E-state index is 12.3. The summed E-state index contributed by atoms with van der Waals surface area (Å²) < 4.78 is 0. The second-order valence-corrected chi connectivity index (χ2v) is 7.27. The fourth-order valence-corrected chi connectivity index (χ4v) is 3.30. The third kappa shape index (κ3) is 4.45. The standard InChI is InChI=1S/C25H18N6O2/c32-24(17-5-2-1-3-6-17)28-19-10-8-16(9-11-19)23-29-20-13-22(27-15-21(20)30-23)31-25(33)18-7-4-12-26-14-18/h1-15H,(H,28,32)(H,29,30)(H,27,31,33). The number of nitrogens with zero attached hydrogens (tertiary/aromatic N) is 3. The molecule has 5 rings (SSSR count). The van der Waals surface area contributed by atoms with Crippen LogP contribution in [0.2, 0.25) is 0 Å². The van der Waals surface area contributed by atoms with E-state index < -0.39 is 0 Å². The van der Waals surface area contributed by atoms with Crippen LogP contribution in [0.3, 0.4) is 0 Å². The number of nitrogens with one attached hydrogen (secondary N) is 3. The molecule has 0 fully saturated rings. The van der Waals surface area contributed by atoms with Gasteiger partial charge in [-0.2, -0.15) is 0 Å². The lowest BCUT2D eigenvalue weighted by Crippen LogP contribution is -2.12. The fraction of sp³-hybridized carbons (Fsp3) is 0. The Hall–Kier alpha value is -4.85. The number of hydrogen-bond acceptors (Lipinski definition) is 5. The number of hydrogen-bond donors (Lipinski definition) is 3. The molecule has 3 N–H and O–H groups in total. The van der Waals surface area contributed by atoms with E-state index in [2.05, 4.69) is 30.6 Å². The maximum Gasteiger partial charge on any atom is 0.258 e. The third-order valence-corrected chi connectivity index (χ3v) is 4.98. The predicted molar refractivity (Wildman–Crippen MR) is 126 cm³/mol. The maximum absolute atomic E-state index is 12.3. The molecule has 8 nitrogen and oxygen atoms in total. The number of carbonyl (C=O) groups excluding carboxylic acids is 2. The molecule has 0 aliphatic heterocycles. The van der Waals surface area contributed by atoms with Gasteiger partial charge in [-0.15, -0.1) is 0 Å². The van der Waals surface area contributed by atoms with Crippen molar-refractivity contribution < 1.29 is 9.59 Å². The Labute approximate surface area is 188 Å². The van der Waals surface area contributed by atoms with Gasteiger partial charge in [0.25, 0.3) is 11.8 Å². The molecule has 0 atom stereocenters. The average molecular weight is 434 g/mol. The lowest BCUT2D eigenvalue weighted by molar-refractivity contribution is 0.101. The Kier molecular flexibility index (Phi) is 5.30. The Morgan fingerprint density at radius 3 is 2.30 bits per heavy atom. The van der Waals surface area contributed by atoms with Crippen LogP contribution in [0.4, 0.5) is 11.5 Å². The second-order valence-electron chi connectivity index (χ2n) is 7.27. The highest BCUT2D eigenvalue weighted by Crippen LogP contribution is 2.23. The molecule has 33 heavy (non-hydrogen) atoms. The molecule has 2 amide bonds. The molecule has 0 radical (unpaired) electrons. The molecule has 0 aliphatic rings. The minimum Gasteiger partial charge on any atom is -0.337 e. The molecular weight excluding hydrogens is 416 g/mol. The van der Waals surface area contributed by atoms with Crippen molar-refractivity contribution in [2.75, 3.05) is 10.6 Å². The van der Waals surface area contributed by atoms with Crippen molar-refractivity contribution in [3.63, 3.8) is 0 Å². The summed E-state index contributed by atoms with van der Waals surface area (Å²) in [7, 11) is 0. The van der Waals surface area contributed by atoms with E-state index in [4.69, 9.17) is 0 Å². The molecule has 5 aromatic rings. The fourth-order valence-electron chi connectivity index (χ4n) is 3.30. The number of aromatic nitrogens is 4. The largest absolute Gasteiger partial charge is 0.337 e. The van der Waals surface area contributed by atoms with Gasteiger partial charge in [0, 0.05) is 35.3 Å². The minimum atomic E-state index is -0.293. The third-order valence-electron chi connectivity index (χ3n) is 4.98. The normalized spacial score (nSPS) is 10.7. The summed E-state index contributed by atoms with van der Waals surface area (Å²) in [5.74, 6) is 0.592. The number of anilines is 2. The lowest BCUT2D eigenvalue weighted by Gasteiger charge is -2.05. The molecule has 3 heterocycles. The number of imidazole rings is 1. The van der Waals surface area contributed by atoms with E-state index in [0.29, 0.717) is 34.0 Å². The summed E-state index contributed by atoms with van der Waals surface area (Å²) in [6.45, 7) is 0. The van der Waals surface area contributed by atoms with Crippen LogP contribution in [0.1, 0.15) is 20.7 Å². The summed E-state index contributed by atoms with van der Waals surface area (Å²) in [6.07, 6.45) is 4.72. The molecule has 8 heteroatoms. The van der Waals surface area contributed by atoms with E-state index in [1.165, 1.54) is 6.20 Å². The highest BCUT2D eigenvalue weighted by molar-refractivity contribution is 6.05. The highest BCUT2D eigenvalue weighted by atomic mass is 16.2. The number of fused-ring (bicyclic) bond motifs is 1. The molecule has 2 aromatic carbocycles. The molecule has 0 aliphatic carbocycles. The minimum absolute atomic E-state index is 0.168. The Balaban J connectivity index is 1.31. The topological polar surface area (TPSA) is 113 Å². The molecule has 0 spiro atoms. The van der Waals surface area contributed by atoms with Gasteiger partial charge in [0.2, 0.25) is 0 Å². The van der Waals surface area contributed by atoms with Crippen LogP contribution >= 0.6 is 0 Å². The molecular formula is C25H18N6O2. The SMILES string of the molecule is O=C(Nc1ccc(-c2nc3cc(NC(=O)c4cccnc4)ncc3[nH]2)cc1)c1ccccc1. The number of H-pyrrole nitrogens is 1. The van der Waals surface area contributed by atoms with E-state index in [-0.39, 0.29) is 11.8 Å². The van der Waals surface area contributed by atoms with Gasteiger partial charge in [-0.3, -0.25) is 14.6 Å². The van der Waals surface area contributed by atoms with Crippen molar-refractivity contribution in [3.05, 3.63) is 103 Å². The monoisotopic (exact) mass is 434 g/mol. The quantitative estimate of drug-likeness (QED) is 0.376. The first-order chi connectivity index (χ1) is 16.2. The van der Waals surface area contributed by atoms with Crippen LogP contribution in [-0.4, -0.2) is 31.8 Å². The van der Waals surface area contributed by atoms with Crippen LogP contribution < -0.4 is 10.6 Å². The number of aromatic amines is 1. The van der Waals surface area contributed by atoms with E-state index in [9.17, 15) is 9.59 Å². The molecule has 0 saturated heterocycles. The summed E-state index contributed by atoms with van der Waals surface area (Å²) in [5, 5.41) is 5.63. The van der Waals surface area contributed by atoms with Gasteiger partial charge in [-0.1, -0.05) is 18.2 Å². The zero-order valence-electron chi connectivity index (χ0n) is 17.3. The van der Waals surface area contributed by atoms with Crippen LogP contribution in [0, 0.1) is 0 Å². The van der Waals surface area contributed by atoms with Gasteiger partial charge < -0.3 is 15.6 Å². The van der Waals surface area contributed by atoms with E-state index >= 15 is 0 Å². The van der Waals surface area contributed by atoms with E-state index in [1.807, 2.05) is 42.5 Å². The number of pyridine rings is 2. The summed E-state index contributed by atoms with van der Waals surface area (Å²) >= 11 is 0. The molecule has 0 saturated carbocycles. The van der Waals surface area contributed by atoms with Gasteiger partial charge in [-0.25, -0.2) is 9.97 Å². The predicted octanol–water partition coefficient (Wildman–Crippen LogP) is 4.52. The van der Waals surface area contributed by atoms with Crippen LogP contribution in [-0.2, 0) is 0 Å². The molecule has 0 unspecified atom stereocenters. The van der Waals surface area contributed by atoms with Gasteiger partial charge in [0.05, 0.1) is 22.8 Å². The molecule has 0 bridgehead atoms. The number of carbonyl (C=O) groups is 2. The number of benzene rings is 2. The summed E-state index contributed by atoms with van der Waals surface area (Å²) in [5.41, 5.74) is 3.99. The highest BCUT2D eigenvalue weighted by Gasteiger charge is 2.11. The first-order valence-electron chi connectivity index (χ1n) is 10.2. The number of amides is 2. The summed E-state index contributed by atoms with van der Waals surface area (Å²) in [6, 6.07) is 21.5. The Morgan fingerprint density at radius 2 is 1.55 bits per heavy atom. The smallest absolute Gasteiger partial charge is 0.258 e. The number of rotatable bonds is 5. The van der Waals surface area contributed by atoms with Crippen molar-refractivity contribution in [2.24, 2.45) is 0 Å². The van der Waals surface area contributed by atoms with E-state index in [1.54, 1.807) is 42.7 Å². The van der Waals surface area contributed by atoms with Crippen molar-refractivity contribution in [1.82, 2.24) is 19.9 Å². The Morgan fingerprint density at radius 1 is 0.788 bits per heavy atom. The van der Waals surface area contributed by atoms with Crippen LogP contribution in [0.25, 0.3) is 22.4 Å². The van der Waals surface area contributed by atoms with Crippen molar-refractivity contribution in [2.45, 2.75) is 0 Å².